The molecule has 0 spiro atoms. The maximum Gasteiger partial charge on any atom is 0.471 e. The average molecular weight is 354 g/mol. The Hall–Kier alpha value is -2.58. The highest BCUT2D eigenvalue weighted by molar-refractivity contribution is 5.90. The molecule has 3 rings (SSSR count). The van der Waals surface area contributed by atoms with Gasteiger partial charge in [-0.2, -0.15) is 18.2 Å². The lowest BCUT2D eigenvalue weighted by molar-refractivity contribution is -0.159. The first-order valence-electron chi connectivity index (χ1n) is 7.83. The van der Waals surface area contributed by atoms with Gasteiger partial charge in [-0.15, -0.1) is 0 Å². The summed E-state index contributed by atoms with van der Waals surface area (Å²) in [6.07, 6.45) is -3.71. The van der Waals surface area contributed by atoms with Crippen LogP contribution in [0.25, 0.3) is 11.4 Å². The highest BCUT2D eigenvalue weighted by Gasteiger charge is 2.38. The third-order valence-corrected chi connectivity index (χ3v) is 4.11. The van der Waals surface area contributed by atoms with Crippen molar-refractivity contribution in [2.45, 2.75) is 32.5 Å². The van der Waals surface area contributed by atoms with Crippen molar-refractivity contribution < 1.29 is 22.5 Å². The second-order valence-electron chi connectivity index (χ2n) is 6.27. The molecule has 0 bridgehead atoms. The molecule has 6 nitrogen and oxygen atoms in total. The Bertz CT molecular complexity index is 757. The van der Waals surface area contributed by atoms with E-state index in [9.17, 15) is 18.0 Å². The fourth-order valence-corrected chi connectivity index (χ4v) is 2.94. The summed E-state index contributed by atoms with van der Waals surface area (Å²) < 4.78 is 41.7. The maximum absolute atomic E-state index is 12.5. The first-order valence-corrected chi connectivity index (χ1v) is 7.83. The zero-order valence-electron chi connectivity index (χ0n) is 13.7. The van der Waals surface area contributed by atoms with E-state index >= 15 is 0 Å². The Morgan fingerprint density at radius 3 is 2.48 bits per heavy atom. The fraction of sp³-hybridized carbons (Fsp3) is 0.438. The summed E-state index contributed by atoms with van der Waals surface area (Å²) in [6, 6.07) is 6.20. The van der Waals surface area contributed by atoms with Gasteiger partial charge in [0.1, 0.15) is 0 Å². The maximum atomic E-state index is 12.5. The van der Waals surface area contributed by atoms with E-state index in [2.05, 4.69) is 26.9 Å². The highest BCUT2D eigenvalue weighted by atomic mass is 19.4. The van der Waals surface area contributed by atoms with Gasteiger partial charge >= 0.3 is 18.1 Å². The molecule has 25 heavy (non-hydrogen) atoms. The number of nitrogens with one attached hydrogen (secondary N) is 1. The quantitative estimate of drug-likeness (QED) is 0.884. The van der Waals surface area contributed by atoms with Crippen LogP contribution in [-0.2, 0) is 6.18 Å². The number of halogens is 3. The van der Waals surface area contributed by atoms with Crippen molar-refractivity contribution in [1.29, 1.82) is 0 Å². The molecule has 1 aliphatic rings. The van der Waals surface area contributed by atoms with E-state index in [1.165, 1.54) is 12.1 Å². The Morgan fingerprint density at radius 2 is 1.96 bits per heavy atom. The Kier molecular flexibility index (Phi) is 4.40. The lowest BCUT2D eigenvalue weighted by atomic mass is 10.1. The van der Waals surface area contributed by atoms with Crippen LogP contribution >= 0.6 is 0 Å². The summed E-state index contributed by atoms with van der Waals surface area (Å²) in [4.78, 5) is 17.4. The second kappa shape index (κ2) is 6.38. The van der Waals surface area contributed by atoms with Crippen molar-refractivity contribution in [3.05, 3.63) is 30.2 Å². The molecule has 2 heterocycles. The number of carbonyl (C=O) groups is 1. The van der Waals surface area contributed by atoms with Crippen LogP contribution in [0.15, 0.2) is 28.8 Å². The predicted octanol–water partition coefficient (Wildman–Crippen LogP) is 4.02. The number of likely N-dealkylation sites (tertiary alicyclic amines) is 1. The lowest BCUT2D eigenvalue weighted by Gasteiger charge is -2.21. The number of amides is 2. The lowest BCUT2D eigenvalue weighted by Crippen LogP contribution is -2.37. The number of nitrogens with zero attached hydrogens (tertiary/aromatic N) is 3. The molecule has 2 amide bonds. The topological polar surface area (TPSA) is 71.3 Å². The van der Waals surface area contributed by atoms with Crippen LogP contribution in [0.1, 0.15) is 26.2 Å². The molecular formula is C16H17F3N4O2. The Balaban J connectivity index is 1.68. The van der Waals surface area contributed by atoms with Gasteiger partial charge in [0.15, 0.2) is 0 Å². The summed E-state index contributed by atoms with van der Waals surface area (Å²) in [5, 5.41) is 6.11. The van der Waals surface area contributed by atoms with Crippen molar-refractivity contribution in [2.24, 2.45) is 5.92 Å². The van der Waals surface area contributed by atoms with Crippen LogP contribution in [0.2, 0.25) is 0 Å². The molecule has 1 aliphatic heterocycles. The van der Waals surface area contributed by atoms with Gasteiger partial charge in [-0.05, 0) is 43.5 Å². The van der Waals surface area contributed by atoms with Gasteiger partial charge in [-0.1, -0.05) is 12.1 Å². The molecule has 1 fully saturated rings. The molecule has 0 aliphatic carbocycles. The number of aromatic nitrogens is 2. The molecular weight excluding hydrogens is 337 g/mol. The number of hydrogen-bond donors (Lipinski definition) is 1. The van der Waals surface area contributed by atoms with Crippen molar-refractivity contribution >= 4 is 11.7 Å². The summed E-state index contributed by atoms with van der Waals surface area (Å²) >= 11 is 0. The molecule has 1 aromatic carbocycles. The number of rotatable bonds is 2. The molecule has 2 atom stereocenters. The van der Waals surface area contributed by atoms with Gasteiger partial charge in [-0.25, -0.2) is 4.79 Å². The first kappa shape index (κ1) is 17.2. The zero-order valence-corrected chi connectivity index (χ0v) is 13.7. The van der Waals surface area contributed by atoms with Gasteiger partial charge < -0.3 is 14.7 Å². The SMILES string of the molecule is CC1CC(C)N(C(=O)Nc2ccc(-c3noc(C(F)(F)F)n3)cc2)C1. The van der Waals surface area contributed by atoms with Gasteiger partial charge in [0, 0.05) is 23.8 Å². The van der Waals surface area contributed by atoms with E-state index < -0.39 is 12.1 Å². The van der Waals surface area contributed by atoms with E-state index in [0.29, 0.717) is 23.7 Å². The van der Waals surface area contributed by atoms with E-state index in [0.717, 1.165) is 6.42 Å². The summed E-state index contributed by atoms with van der Waals surface area (Å²) in [7, 11) is 0. The number of urea groups is 1. The molecule has 9 heteroatoms. The normalized spacial score (nSPS) is 20.8. The van der Waals surface area contributed by atoms with Crippen LogP contribution in [-0.4, -0.2) is 33.7 Å². The molecule has 2 aromatic rings. The first-order chi connectivity index (χ1) is 11.7. The number of carbonyl (C=O) groups excluding carboxylic acids is 1. The van der Waals surface area contributed by atoms with Crippen LogP contribution in [0.4, 0.5) is 23.7 Å². The van der Waals surface area contributed by atoms with Gasteiger partial charge in [0.25, 0.3) is 0 Å². The van der Waals surface area contributed by atoms with Crippen LogP contribution in [0.5, 0.6) is 0 Å². The Labute approximate surface area is 142 Å². The van der Waals surface area contributed by atoms with Gasteiger partial charge in [-0.3, -0.25) is 0 Å². The standard InChI is InChI=1S/C16H17F3N4O2/c1-9-7-10(2)23(8-9)15(24)20-12-5-3-11(4-6-12)13-21-14(25-22-13)16(17,18)19/h3-6,9-10H,7-8H2,1-2H3,(H,20,24). The number of alkyl halides is 3. The van der Waals surface area contributed by atoms with Crippen LogP contribution < -0.4 is 5.32 Å². The van der Waals surface area contributed by atoms with Crippen molar-refractivity contribution in [3.63, 3.8) is 0 Å². The minimum Gasteiger partial charge on any atom is -0.329 e. The third-order valence-electron chi connectivity index (χ3n) is 4.11. The van der Waals surface area contributed by atoms with Crippen molar-refractivity contribution in [2.75, 3.05) is 11.9 Å². The highest BCUT2D eigenvalue weighted by Crippen LogP contribution is 2.29. The van der Waals surface area contributed by atoms with Gasteiger partial charge in [0.05, 0.1) is 0 Å². The molecule has 2 unspecified atom stereocenters. The molecule has 134 valence electrons. The Morgan fingerprint density at radius 1 is 1.28 bits per heavy atom. The molecule has 1 N–H and O–H groups in total. The number of hydrogen-bond acceptors (Lipinski definition) is 4. The minimum absolute atomic E-state index is 0.160. The minimum atomic E-state index is -4.68. The third kappa shape index (κ3) is 3.75. The number of anilines is 1. The van der Waals surface area contributed by atoms with Crippen LogP contribution in [0.3, 0.4) is 0 Å². The van der Waals surface area contributed by atoms with E-state index in [1.807, 2.05) is 6.92 Å². The van der Waals surface area contributed by atoms with Crippen LogP contribution in [0, 0.1) is 5.92 Å². The zero-order chi connectivity index (χ0) is 18.2. The molecule has 0 radical (unpaired) electrons. The average Bonchev–Trinajstić information content (AvgIpc) is 3.14. The largest absolute Gasteiger partial charge is 0.471 e. The predicted molar refractivity (Wildman–Crippen MR) is 83.7 cm³/mol. The molecule has 1 saturated heterocycles. The van der Waals surface area contributed by atoms with E-state index in [4.69, 9.17) is 0 Å². The van der Waals surface area contributed by atoms with Crippen molar-refractivity contribution in [3.8, 4) is 11.4 Å². The summed E-state index contributed by atoms with van der Waals surface area (Å²) in [6.45, 7) is 4.80. The fourth-order valence-electron chi connectivity index (χ4n) is 2.94. The second-order valence-corrected chi connectivity index (χ2v) is 6.27. The van der Waals surface area contributed by atoms with E-state index in [-0.39, 0.29) is 17.9 Å². The molecule has 0 saturated carbocycles. The smallest absolute Gasteiger partial charge is 0.329 e. The van der Waals surface area contributed by atoms with E-state index in [1.54, 1.807) is 17.0 Å². The summed E-state index contributed by atoms with van der Waals surface area (Å²) in [5.74, 6) is -1.09. The number of benzene rings is 1. The molecule has 1 aromatic heterocycles. The summed E-state index contributed by atoms with van der Waals surface area (Å²) in [5.41, 5.74) is 0.903. The monoisotopic (exact) mass is 354 g/mol. The van der Waals surface area contributed by atoms with Crippen molar-refractivity contribution in [1.82, 2.24) is 15.0 Å². The van der Waals surface area contributed by atoms with Gasteiger partial charge in [0.2, 0.25) is 5.82 Å².